The Hall–Kier alpha value is -2.69. The number of hydrogen-bond donors (Lipinski definition) is 2. The third-order valence-corrected chi connectivity index (χ3v) is 3.27. The van der Waals surface area contributed by atoms with Crippen LogP contribution in [-0.4, -0.2) is 19.6 Å². The van der Waals surface area contributed by atoms with Crippen molar-refractivity contribution in [1.29, 1.82) is 0 Å². The smallest absolute Gasteiger partial charge is 0.262 e. The lowest BCUT2D eigenvalue weighted by molar-refractivity contribution is -0.118. The first-order valence-electron chi connectivity index (χ1n) is 6.68. The molecular weight excluding hydrogens is 268 g/mol. The third kappa shape index (κ3) is 3.08. The molecule has 0 saturated carbocycles. The fraction of sp³-hybridized carbons (Fsp3) is 0.188. The molecule has 3 rings (SSSR count). The highest BCUT2D eigenvalue weighted by molar-refractivity contribution is 5.96. The van der Waals surface area contributed by atoms with E-state index in [1.165, 1.54) is 0 Å². The lowest BCUT2D eigenvalue weighted by atomic mass is 10.2. The van der Waals surface area contributed by atoms with E-state index in [0.717, 1.165) is 17.0 Å². The summed E-state index contributed by atoms with van der Waals surface area (Å²) in [6.45, 7) is 0.767. The molecule has 1 aliphatic heterocycles. The number of fused-ring (bicyclic) bond motifs is 1. The summed E-state index contributed by atoms with van der Waals surface area (Å²) < 4.78 is 10.5. The van der Waals surface area contributed by atoms with E-state index in [4.69, 9.17) is 9.47 Å². The highest BCUT2D eigenvalue weighted by atomic mass is 16.5. The van der Waals surface area contributed by atoms with Crippen LogP contribution < -0.4 is 20.1 Å². The van der Waals surface area contributed by atoms with Gasteiger partial charge in [-0.2, -0.15) is 0 Å². The molecule has 0 aliphatic carbocycles. The highest BCUT2D eigenvalue weighted by Crippen LogP contribution is 2.30. The number of amides is 1. The fourth-order valence-electron chi connectivity index (χ4n) is 2.14. The molecule has 5 nitrogen and oxygen atoms in total. The second kappa shape index (κ2) is 5.75. The Kier molecular flexibility index (Phi) is 3.64. The number of carbonyl (C=O) groups is 1. The molecule has 1 heterocycles. The molecule has 2 N–H and O–H groups in total. The topological polar surface area (TPSA) is 59.6 Å². The van der Waals surface area contributed by atoms with Gasteiger partial charge in [0.2, 0.25) is 0 Å². The van der Waals surface area contributed by atoms with Gasteiger partial charge in [-0.05, 0) is 35.9 Å². The summed E-state index contributed by atoms with van der Waals surface area (Å²) in [5, 5.41) is 6.11. The Balaban J connectivity index is 1.67. The molecule has 0 unspecified atom stereocenters. The molecule has 0 aromatic heterocycles. The molecule has 2 aromatic rings. The first-order valence-corrected chi connectivity index (χ1v) is 6.68. The van der Waals surface area contributed by atoms with Crippen molar-refractivity contribution in [3.8, 4) is 11.5 Å². The van der Waals surface area contributed by atoms with E-state index < -0.39 is 0 Å². The minimum Gasteiger partial charge on any atom is -0.497 e. The average Bonchev–Trinajstić information content (AvgIpc) is 2.53. The van der Waals surface area contributed by atoms with Crippen LogP contribution in [0.1, 0.15) is 5.56 Å². The summed E-state index contributed by atoms with van der Waals surface area (Å²) in [6.07, 6.45) is 0. The predicted molar refractivity (Wildman–Crippen MR) is 80.9 cm³/mol. The molecule has 1 aliphatic rings. The summed E-state index contributed by atoms with van der Waals surface area (Å²) in [4.78, 5) is 11.3. The Labute approximate surface area is 122 Å². The maximum Gasteiger partial charge on any atom is 0.262 e. The van der Waals surface area contributed by atoms with E-state index >= 15 is 0 Å². The van der Waals surface area contributed by atoms with Crippen LogP contribution in [0.2, 0.25) is 0 Å². The molecule has 0 spiro atoms. The molecule has 1 amide bonds. The number of rotatable bonds is 4. The largest absolute Gasteiger partial charge is 0.497 e. The third-order valence-electron chi connectivity index (χ3n) is 3.27. The molecule has 0 fully saturated rings. The second-order valence-electron chi connectivity index (χ2n) is 4.75. The van der Waals surface area contributed by atoms with Gasteiger partial charge >= 0.3 is 0 Å². The molecule has 0 atom stereocenters. The first-order chi connectivity index (χ1) is 10.2. The highest BCUT2D eigenvalue weighted by Gasteiger charge is 2.15. The first kappa shape index (κ1) is 13.3. The van der Waals surface area contributed by atoms with E-state index in [1.807, 2.05) is 42.5 Å². The lowest BCUT2D eigenvalue weighted by Gasteiger charge is -2.19. The van der Waals surface area contributed by atoms with Crippen molar-refractivity contribution in [2.45, 2.75) is 6.54 Å². The standard InChI is InChI=1S/C16H16N2O3/c1-20-13-5-2-11(3-6-13)9-17-12-4-7-15-14(8-12)18-16(19)10-21-15/h2-8,17H,9-10H2,1H3,(H,18,19). The van der Waals surface area contributed by atoms with Gasteiger partial charge in [0.25, 0.3) is 5.91 Å². The maximum atomic E-state index is 11.3. The van der Waals surface area contributed by atoms with Crippen LogP contribution in [0.25, 0.3) is 0 Å². The van der Waals surface area contributed by atoms with Crippen molar-refractivity contribution in [1.82, 2.24) is 0 Å². The van der Waals surface area contributed by atoms with Gasteiger partial charge in [0.05, 0.1) is 12.8 Å². The van der Waals surface area contributed by atoms with Crippen LogP contribution in [0.15, 0.2) is 42.5 Å². The fourth-order valence-corrected chi connectivity index (χ4v) is 2.14. The molecule has 2 aromatic carbocycles. The van der Waals surface area contributed by atoms with Crippen LogP contribution in [0.4, 0.5) is 11.4 Å². The number of nitrogens with one attached hydrogen (secondary N) is 2. The van der Waals surface area contributed by atoms with Gasteiger partial charge in [-0.25, -0.2) is 0 Å². The molecule has 21 heavy (non-hydrogen) atoms. The zero-order valence-corrected chi connectivity index (χ0v) is 11.7. The Bertz CT molecular complexity index is 653. The molecule has 0 saturated heterocycles. The lowest BCUT2D eigenvalue weighted by Crippen LogP contribution is -2.25. The number of carbonyl (C=O) groups excluding carboxylic acids is 1. The maximum absolute atomic E-state index is 11.3. The number of hydrogen-bond acceptors (Lipinski definition) is 4. The van der Waals surface area contributed by atoms with E-state index in [2.05, 4.69) is 10.6 Å². The minimum absolute atomic E-state index is 0.0750. The van der Waals surface area contributed by atoms with Crippen molar-refractivity contribution in [3.05, 3.63) is 48.0 Å². The SMILES string of the molecule is COc1ccc(CNc2ccc3c(c2)NC(=O)CO3)cc1. The molecule has 0 bridgehead atoms. The summed E-state index contributed by atoms with van der Waals surface area (Å²) >= 11 is 0. The van der Waals surface area contributed by atoms with Gasteiger partial charge in [0, 0.05) is 12.2 Å². The Morgan fingerprint density at radius 3 is 2.81 bits per heavy atom. The van der Waals surface area contributed by atoms with Gasteiger partial charge in [-0.1, -0.05) is 12.1 Å². The minimum atomic E-state index is -0.130. The van der Waals surface area contributed by atoms with E-state index in [9.17, 15) is 4.79 Å². The number of benzene rings is 2. The van der Waals surface area contributed by atoms with Crippen molar-refractivity contribution in [3.63, 3.8) is 0 Å². The van der Waals surface area contributed by atoms with Crippen molar-refractivity contribution in [2.75, 3.05) is 24.4 Å². The van der Waals surface area contributed by atoms with E-state index in [-0.39, 0.29) is 12.5 Å². The number of methoxy groups -OCH3 is 1. The van der Waals surface area contributed by atoms with Crippen molar-refractivity contribution < 1.29 is 14.3 Å². The van der Waals surface area contributed by atoms with Crippen LogP contribution in [0, 0.1) is 0 Å². The summed E-state index contributed by atoms with van der Waals surface area (Å²) in [5.41, 5.74) is 2.77. The van der Waals surface area contributed by atoms with E-state index in [1.54, 1.807) is 7.11 Å². The summed E-state index contributed by atoms with van der Waals surface area (Å²) in [7, 11) is 1.65. The van der Waals surface area contributed by atoms with Crippen LogP contribution >= 0.6 is 0 Å². The van der Waals surface area contributed by atoms with Crippen molar-refractivity contribution >= 4 is 17.3 Å². The molecule has 5 heteroatoms. The van der Waals surface area contributed by atoms with Gasteiger partial charge < -0.3 is 20.1 Å². The predicted octanol–water partition coefficient (Wildman–Crippen LogP) is 2.64. The molecular formula is C16H16N2O3. The van der Waals surface area contributed by atoms with Crippen LogP contribution in [-0.2, 0) is 11.3 Å². The van der Waals surface area contributed by atoms with Gasteiger partial charge in [-0.15, -0.1) is 0 Å². The average molecular weight is 284 g/mol. The van der Waals surface area contributed by atoms with E-state index in [0.29, 0.717) is 18.0 Å². The zero-order valence-electron chi connectivity index (χ0n) is 11.7. The monoisotopic (exact) mass is 284 g/mol. The normalized spacial score (nSPS) is 12.9. The van der Waals surface area contributed by atoms with Crippen LogP contribution in [0.3, 0.4) is 0 Å². The number of ether oxygens (including phenoxy) is 2. The molecule has 108 valence electrons. The Morgan fingerprint density at radius 1 is 1.24 bits per heavy atom. The van der Waals surface area contributed by atoms with Gasteiger partial charge in [-0.3, -0.25) is 4.79 Å². The Morgan fingerprint density at radius 2 is 2.05 bits per heavy atom. The van der Waals surface area contributed by atoms with Gasteiger partial charge in [0.15, 0.2) is 6.61 Å². The zero-order chi connectivity index (χ0) is 14.7. The van der Waals surface area contributed by atoms with Crippen molar-refractivity contribution in [2.24, 2.45) is 0 Å². The van der Waals surface area contributed by atoms with Crippen LogP contribution in [0.5, 0.6) is 11.5 Å². The second-order valence-corrected chi connectivity index (χ2v) is 4.75. The van der Waals surface area contributed by atoms with Gasteiger partial charge in [0.1, 0.15) is 11.5 Å². The number of anilines is 2. The quantitative estimate of drug-likeness (QED) is 0.906. The summed E-state index contributed by atoms with van der Waals surface area (Å²) in [6, 6.07) is 13.5. The molecule has 0 radical (unpaired) electrons. The summed E-state index contributed by atoms with van der Waals surface area (Å²) in [5.74, 6) is 1.41.